The number of hydrogen-bond acceptors (Lipinski definition) is 5. The maximum atomic E-state index is 12.2. The van der Waals surface area contributed by atoms with E-state index in [0.29, 0.717) is 18.6 Å². The van der Waals surface area contributed by atoms with Gasteiger partial charge in [-0.2, -0.15) is 0 Å². The number of nitrogens with zero attached hydrogens (tertiary/aromatic N) is 2. The van der Waals surface area contributed by atoms with Crippen LogP contribution in [0, 0.1) is 0 Å². The van der Waals surface area contributed by atoms with Gasteiger partial charge in [-0.1, -0.05) is 6.92 Å². The molecular formula is C16H31N3O3. The van der Waals surface area contributed by atoms with E-state index in [9.17, 15) is 4.79 Å². The zero-order valence-corrected chi connectivity index (χ0v) is 14.1. The van der Waals surface area contributed by atoms with Crippen molar-refractivity contribution in [3.05, 3.63) is 0 Å². The van der Waals surface area contributed by atoms with Gasteiger partial charge in [0.1, 0.15) is 0 Å². The van der Waals surface area contributed by atoms with Gasteiger partial charge in [0.05, 0.1) is 13.2 Å². The lowest BCUT2D eigenvalue weighted by molar-refractivity contribution is -0.124. The van der Waals surface area contributed by atoms with Crippen LogP contribution >= 0.6 is 0 Å². The summed E-state index contributed by atoms with van der Waals surface area (Å²) in [6.07, 6.45) is 2.99. The molecule has 0 unspecified atom stereocenters. The van der Waals surface area contributed by atoms with Crippen LogP contribution in [0.4, 0.5) is 0 Å². The molecule has 0 aliphatic carbocycles. The molecule has 0 radical (unpaired) electrons. The molecule has 0 bridgehead atoms. The van der Waals surface area contributed by atoms with Crippen molar-refractivity contribution in [1.82, 2.24) is 15.1 Å². The number of carbonyl (C=O) groups is 1. The summed E-state index contributed by atoms with van der Waals surface area (Å²) in [7, 11) is 1.75. The third-order valence-corrected chi connectivity index (χ3v) is 4.70. The summed E-state index contributed by atoms with van der Waals surface area (Å²) in [5.74, 6) is 0.159. The smallest absolute Gasteiger partial charge is 0.234 e. The van der Waals surface area contributed by atoms with E-state index < -0.39 is 0 Å². The molecule has 0 aromatic rings. The van der Waals surface area contributed by atoms with Crippen LogP contribution in [0.5, 0.6) is 0 Å². The van der Waals surface area contributed by atoms with E-state index in [1.165, 1.54) is 0 Å². The van der Waals surface area contributed by atoms with E-state index in [0.717, 1.165) is 65.3 Å². The van der Waals surface area contributed by atoms with Crippen molar-refractivity contribution >= 4 is 5.91 Å². The summed E-state index contributed by atoms with van der Waals surface area (Å²) in [5.41, 5.74) is 0. The number of carbonyl (C=O) groups excluding carboxylic acids is 1. The van der Waals surface area contributed by atoms with E-state index in [-0.39, 0.29) is 5.91 Å². The molecule has 128 valence electrons. The first-order chi connectivity index (χ1) is 10.7. The fourth-order valence-corrected chi connectivity index (χ4v) is 3.31. The molecule has 2 aliphatic rings. The predicted molar refractivity (Wildman–Crippen MR) is 86.0 cm³/mol. The van der Waals surface area contributed by atoms with Gasteiger partial charge in [-0.05, 0) is 19.3 Å². The number of ether oxygens (including phenoxy) is 2. The van der Waals surface area contributed by atoms with Crippen molar-refractivity contribution in [3.63, 3.8) is 0 Å². The first-order valence-corrected chi connectivity index (χ1v) is 8.55. The number of rotatable bonds is 7. The number of methoxy groups -OCH3 is 1. The Labute approximate surface area is 134 Å². The molecule has 0 aromatic carbocycles. The quantitative estimate of drug-likeness (QED) is 0.734. The highest BCUT2D eigenvalue weighted by Gasteiger charge is 2.27. The van der Waals surface area contributed by atoms with Crippen LogP contribution in [-0.2, 0) is 14.3 Å². The molecule has 1 atom stereocenters. The molecule has 0 aromatic heterocycles. The largest absolute Gasteiger partial charge is 0.383 e. The lowest BCUT2D eigenvalue weighted by Crippen LogP contribution is -2.55. The molecule has 2 aliphatic heterocycles. The molecule has 1 amide bonds. The molecule has 6 nitrogen and oxygen atoms in total. The molecule has 0 spiro atoms. The van der Waals surface area contributed by atoms with Gasteiger partial charge in [-0.25, -0.2) is 0 Å². The standard InChI is InChI=1S/C16H31N3O3/c1-3-15-12-18(6-7-19(15)8-11-21-2)13-16(20)17-14-4-9-22-10-5-14/h14-15H,3-13H2,1-2H3,(H,17,20)/t15-/m1/s1. The van der Waals surface area contributed by atoms with Gasteiger partial charge in [0, 0.05) is 58.6 Å². The van der Waals surface area contributed by atoms with Crippen LogP contribution in [0.25, 0.3) is 0 Å². The summed E-state index contributed by atoms with van der Waals surface area (Å²) < 4.78 is 10.5. The SMILES string of the molecule is CC[C@@H]1CN(CC(=O)NC2CCOCC2)CCN1CCOC. The highest BCUT2D eigenvalue weighted by atomic mass is 16.5. The first-order valence-electron chi connectivity index (χ1n) is 8.55. The summed E-state index contributed by atoms with van der Waals surface area (Å²) in [6.45, 7) is 8.98. The number of piperazine rings is 1. The maximum Gasteiger partial charge on any atom is 0.234 e. The van der Waals surface area contributed by atoms with Crippen LogP contribution in [0.3, 0.4) is 0 Å². The predicted octanol–water partition coefficient (Wildman–Crippen LogP) is 0.324. The Bertz CT molecular complexity index is 335. The Morgan fingerprint density at radius 1 is 1.32 bits per heavy atom. The average molecular weight is 313 g/mol. The second kappa shape index (κ2) is 9.45. The van der Waals surface area contributed by atoms with Crippen LogP contribution in [-0.4, -0.2) is 87.4 Å². The van der Waals surface area contributed by atoms with Crippen LogP contribution in [0.2, 0.25) is 0 Å². The highest BCUT2D eigenvalue weighted by Crippen LogP contribution is 2.13. The first kappa shape index (κ1) is 17.7. The van der Waals surface area contributed by atoms with Gasteiger partial charge in [0.25, 0.3) is 0 Å². The Balaban J connectivity index is 1.72. The lowest BCUT2D eigenvalue weighted by Gasteiger charge is -2.41. The minimum absolute atomic E-state index is 0.159. The van der Waals surface area contributed by atoms with Crippen molar-refractivity contribution in [3.8, 4) is 0 Å². The molecule has 22 heavy (non-hydrogen) atoms. The Morgan fingerprint density at radius 3 is 2.77 bits per heavy atom. The van der Waals surface area contributed by atoms with Crippen molar-refractivity contribution in [2.75, 3.05) is 59.7 Å². The Morgan fingerprint density at radius 2 is 2.09 bits per heavy atom. The molecule has 1 N–H and O–H groups in total. The normalized spacial score (nSPS) is 25.3. The second-order valence-corrected chi connectivity index (χ2v) is 6.28. The van der Waals surface area contributed by atoms with Crippen molar-refractivity contribution in [2.24, 2.45) is 0 Å². The molecule has 2 heterocycles. The molecule has 2 rings (SSSR count). The Kier molecular flexibility index (Phi) is 7.59. The summed E-state index contributed by atoms with van der Waals surface area (Å²) in [6, 6.07) is 0.825. The molecule has 2 saturated heterocycles. The van der Waals surface area contributed by atoms with E-state index in [4.69, 9.17) is 9.47 Å². The van der Waals surface area contributed by atoms with Crippen molar-refractivity contribution in [1.29, 1.82) is 0 Å². The maximum absolute atomic E-state index is 12.2. The van der Waals surface area contributed by atoms with Crippen LogP contribution in [0.1, 0.15) is 26.2 Å². The molecule has 0 saturated carbocycles. The topological polar surface area (TPSA) is 54.0 Å². The van der Waals surface area contributed by atoms with E-state index in [1.807, 2.05) is 0 Å². The van der Waals surface area contributed by atoms with Gasteiger partial charge >= 0.3 is 0 Å². The number of amides is 1. The van der Waals surface area contributed by atoms with Crippen molar-refractivity contribution < 1.29 is 14.3 Å². The van der Waals surface area contributed by atoms with Crippen LogP contribution in [0.15, 0.2) is 0 Å². The summed E-state index contributed by atoms with van der Waals surface area (Å²) >= 11 is 0. The third-order valence-electron chi connectivity index (χ3n) is 4.70. The van der Waals surface area contributed by atoms with Crippen LogP contribution < -0.4 is 5.32 Å². The molecule has 6 heteroatoms. The lowest BCUT2D eigenvalue weighted by atomic mass is 10.1. The zero-order chi connectivity index (χ0) is 15.8. The summed E-state index contributed by atoms with van der Waals surface area (Å²) in [5, 5.41) is 3.15. The van der Waals surface area contributed by atoms with Gasteiger partial charge in [0.2, 0.25) is 5.91 Å². The molecular weight excluding hydrogens is 282 g/mol. The highest BCUT2D eigenvalue weighted by molar-refractivity contribution is 5.78. The van der Waals surface area contributed by atoms with Gasteiger partial charge in [-0.3, -0.25) is 14.6 Å². The molecule has 2 fully saturated rings. The van der Waals surface area contributed by atoms with Gasteiger partial charge in [0.15, 0.2) is 0 Å². The zero-order valence-electron chi connectivity index (χ0n) is 14.1. The minimum Gasteiger partial charge on any atom is -0.383 e. The van der Waals surface area contributed by atoms with Gasteiger partial charge in [-0.15, -0.1) is 0 Å². The fourth-order valence-electron chi connectivity index (χ4n) is 3.31. The van der Waals surface area contributed by atoms with Crippen molar-refractivity contribution in [2.45, 2.75) is 38.3 Å². The Hall–Kier alpha value is -0.690. The second-order valence-electron chi connectivity index (χ2n) is 6.28. The number of nitrogens with one attached hydrogen (secondary N) is 1. The average Bonchev–Trinajstić information content (AvgIpc) is 2.54. The minimum atomic E-state index is 0.159. The third kappa shape index (κ3) is 5.50. The monoisotopic (exact) mass is 313 g/mol. The number of hydrogen-bond donors (Lipinski definition) is 1. The fraction of sp³-hybridized carbons (Fsp3) is 0.938. The van der Waals surface area contributed by atoms with E-state index in [1.54, 1.807) is 7.11 Å². The van der Waals surface area contributed by atoms with E-state index >= 15 is 0 Å². The van der Waals surface area contributed by atoms with E-state index in [2.05, 4.69) is 22.0 Å². The summed E-state index contributed by atoms with van der Waals surface area (Å²) in [4.78, 5) is 17.0. The van der Waals surface area contributed by atoms with Gasteiger partial charge < -0.3 is 14.8 Å².